The van der Waals surface area contributed by atoms with Gasteiger partial charge in [-0.1, -0.05) is 12.1 Å². The number of aryl methyl sites for hydroxylation is 1. The Balaban J connectivity index is 2.32. The third-order valence-electron chi connectivity index (χ3n) is 4.15. The van der Waals surface area contributed by atoms with Gasteiger partial charge in [-0.25, -0.2) is 0 Å². The zero-order chi connectivity index (χ0) is 18.4. The Bertz CT molecular complexity index is 754. The van der Waals surface area contributed by atoms with Gasteiger partial charge in [-0.2, -0.15) is 0 Å². The molecular formula is C20H25N3O2. The molecule has 0 fully saturated rings. The van der Waals surface area contributed by atoms with Gasteiger partial charge in [0, 0.05) is 37.1 Å². The largest absolute Gasteiger partial charge is 0.338 e. The van der Waals surface area contributed by atoms with E-state index in [-0.39, 0.29) is 11.8 Å². The minimum absolute atomic E-state index is 0.135. The van der Waals surface area contributed by atoms with Crippen LogP contribution in [0.2, 0.25) is 0 Å². The zero-order valence-electron chi connectivity index (χ0n) is 15.3. The van der Waals surface area contributed by atoms with Gasteiger partial charge < -0.3 is 9.80 Å². The number of pyridine rings is 1. The molecule has 1 heterocycles. The number of carbonyl (C=O) groups is 2. The molecule has 0 bridgehead atoms. The fourth-order valence-electron chi connectivity index (χ4n) is 2.75. The summed E-state index contributed by atoms with van der Waals surface area (Å²) in [7, 11) is 0. The first-order chi connectivity index (χ1) is 12.0. The van der Waals surface area contributed by atoms with E-state index in [0.717, 1.165) is 11.3 Å². The van der Waals surface area contributed by atoms with Gasteiger partial charge in [-0.3, -0.25) is 14.6 Å². The predicted octanol–water partition coefficient (Wildman–Crippen LogP) is 3.54. The Morgan fingerprint density at radius 2 is 1.68 bits per heavy atom. The number of carbonyl (C=O) groups excluding carboxylic acids is 2. The van der Waals surface area contributed by atoms with Gasteiger partial charge in [0.25, 0.3) is 11.8 Å². The van der Waals surface area contributed by atoms with Crippen molar-refractivity contribution in [3.8, 4) is 0 Å². The maximum Gasteiger partial charge on any atom is 0.272 e. The highest BCUT2D eigenvalue weighted by Gasteiger charge is 2.20. The molecule has 0 atom stereocenters. The molecule has 0 aliphatic carbocycles. The van der Waals surface area contributed by atoms with Crippen LogP contribution in [0.15, 0.2) is 42.6 Å². The summed E-state index contributed by atoms with van der Waals surface area (Å²) < 4.78 is 0. The standard InChI is InChI=1S/C20H25N3O2/c1-5-22(6-2)20(25)18-14-16(11-12-21-18)19(24)23(7-3)17-10-8-9-15(4)13-17/h8-14H,5-7H2,1-4H3. The topological polar surface area (TPSA) is 53.5 Å². The normalized spacial score (nSPS) is 10.4. The molecule has 25 heavy (non-hydrogen) atoms. The van der Waals surface area contributed by atoms with E-state index in [9.17, 15) is 9.59 Å². The fraction of sp³-hybridized carbons (Fsp3) is 0.350. The first-order valence-electron chi connectivity index (χ1n) is 8.65. The van der Waals surface area contributed by atoms with Crippen molar-refractivity contribution in [3.63, 3.8) is 0 Å². The van der Waals surface area contributed by atoms with Crippen LogP contribution in [-0.2, 0) is 0 Å². The van der Waals surface area contributed by atoms with E-state index in [1.165, 1.54) is 6.20 Å². The van der Waals surface area contributed by atoms with Crippen LogP contribution < -0.4 is 4.90 Å². The molecule has 0 aliphatic rings. The van der Waals surface area contributed by atoms with Gasteiger partial charge in [-0.15, -0.1) is 0 Å². The van der Waals surface area contributed by atoms with Crippen LogP contribution in [0.3, 0.4) is 0 Å². The van der Waals surface area contributed by atoms with Crippen molar-refractivity contribution >= 4 is 17.5 Å². The molecule has 5 heteroatoms. The Kier molecular flexibility index (Phi) is 6.28. The number of amides is 2. The lowest BCUT2D eigenvalue weighted by Gasteiger charge is -2.22. The Labute approximate surface area is 149 Å². The lowest BCUT2D eigenvalue weighted by Crippen LogP contribution is -2.33. The Hall–Kier alpha value is -2.69. The average molecular weight is 339 g/mol. The van der Waals surface area contributed by atoms with Gasteiger partial charge in [0.15, 0.2) is 0 Å². The average Bonchev–Trinajstić information content (AvgIpc) is 2.63. The van der Waals surface area contributed by atoms with E-state index >= 15 is 0 Å². The van der Waals surface area contributed by atoms with Crippen LogP contribution in [0.4, 0.5) is 5.69 Å². The van der Waals surface area contributed by atoms with Crippen LogP contribution >= 0.6 is 0 Å². The third-order valence-corrected chi connectivity index (χ3v) is 4.15. The van der Waals surface area contributed by atoms with E-state index in [2.05, 4.69) is 4.98 Å². The van der Waals surface area contributed by atoms with E-state index in [1.807, 2.05) is 52.0 Å². The molecule has 1 aromatic heterocycles. The van der Waals surface area contributed by atoms with Crippen molar-refractivity contribution in [2.45, 2.75) is 27.7 Å². The van der Waals surface area contributed by atoms with E-state index in [4.69, 9.17) is 0 Å². The molecule has 0 saturated carbocycles. The van der Waals surface area contributed by atoms with E-state index in [1.54, 1.807) is 21.9 Å². The van der Waals surface area contributed by atoms with Crippen LogP contribution in [0.1, 0.15) is 47.2 Å². The summed E-state index contributed by atoms with van der Waals surface area (Å²) in [6.07, 6.45) is 1.52. The lowest BCUT2D eigenvalue weighted by atomic mass is 10.1. The second kappa shape index (κ2) is 8.42. The Morgan fingerprint density at radius 1 is 0.960 bits per heavy atom. The zero-order valence-corrected chi connectivity index (χ0v) is 15.3. The summed E-state index contributed by atoms with van der Waals surface area (Å²) in [6, 6.07) is 11.1. The highest BCUT2D eigenvalue weighted by atomic mass is 16.2. The number of nitrogens with zero attached hydrogens (tertiary/aromatic N) is 3. The first-order valence-corrected chi connectivity index (χ1v) is 8.65. The molecule has 5 nitrogen and oxygen atoms in total. The summed E-state index contributed by atoms with van der Waals surface area (Å²) in [4.78, 5) is 33.0. The molecule has 2 aromatic rings. The summed E-state index contributed by atoms with van der Waals surface area (Å²) >= 11 is 0. The fourth-order valence-corrected chi connectivity index (χ4v) is 2.75. The highest BCUT2D eigenvalue weighted by Crippen LogP contribution is 2.19. The molecule has 0 spiro atoms. The molecule has 0 saturated heterocycles. The van der Waals surface area contributed by atoms with Crippen molar-refractivity contribution in [1.82, 2.24) is 9.88 Å². The van der Waals surface area contributed by atoms with Gasteiger partial charge in [0.05, 0.1) is 0 Å². The third kappa shape index (κ3) is 4.24. The van der Waals surface area contributed by atoms with Gasteiger partial charge >= 0.3 is 0 Å². The number of rotatable bonds is 6. The second-order valence-corrected chi connectivity index (χ2v) is 5.80. The van der Waals surface area contributed by atoms with Crippen molar-refractivity contribution in [2.75, 3.05) is 24.5 Å². The van der Waals surface area contributed by atoms with Crippen LogP contribution in [0.25, 0.3) is 0 Å². The van der Waals surface area contributed by atoms with Gasteiger partial charge in [0.1, 0.15) is 5.69 Å². The van der Waals surface area contributed by atoms with Crippen molar-refractivity contribution in [3.05, 3.63) is 59.4 Å². The molecule has 0 unspecified atom stereocenters. The number of hydrogen-bond donors (Lipinski definition) is 0. The molecule has 2 amide bonds. The van der Waals surface area contributed by atoms with Crippen molar-refractivity contribution in [2.24, 2.45) is 0 Å². The maximum absolute atomic E-state index is 12.9. The van der Waals surface area contributed by atoms with Crippen LogP contribution in [-0.4, -0.2) is 41.3 Å². The summed E-state index contributed by atoms with van der Waals surface area (Å²) in [5.41, 5.74) is 2.71. The summed E-state index contributed by atoms with van der Waals surface area (Å²) in [5, 5.41) is 0. The lowest BCUT2D eigenvalue weighted by molar-refractivity contribution is 0.0767. The molecular weight excluding hydrogens is 314 g/mol. The van der Waals surface area contributed by atoms with E-state index in [0.29, 0.717) is 30.9 Å². The van der Waals surface area contributed by atoms with Crippen LogP contribution in [0, 0.1) is 6.92 Å². The minimum atomic E-state index is -0.154. The molecule has 1 aromatic carbocycles. The number of aromatic nitrogens is 1. The number of benzene rings is 1. The first kappa shape index (κ1) is 18.6. The van der Waals surface area contributed by atoms with Crippen molar-refractivity contribution in [1.29, 1.82) is 0 Å². The van der Waals surface area contributed by atoms with Gasteiger partial charge in [0.2, 0.25) is 0 Å². The minimum Gasteiger partial charge on any atom is -0.338 e. The molecule has 0 radical (unpaired) electrons. The molecule has 132 valence electrons. The number of hydrogen-bond acceptors (Lipinski definition) is 3. The highest BCUT2D eigenvalue weighted by molar-refractivity contribution is 6.07. The smallest absolute Gasteiger partial charge is 0.272 e. The second-order valence-electron chi connectivity index (χ2n) is 5.80. The predicted molar refractivity (Wildman–Crippen MR) is 100 cm³/mol. The molecule has 0 aliphatic heterocycles. The maximum atomic E-state index is 12.9. The van der Waals surface area contributed by atoms with E-state index < -0.39 is 0 Å². The SMILES string of the molecule is CCN(CC)C(=O)c1cc(C(=O)N(CC)c2cccc(C)c2)ccn1. The van der Waals surface area contributed by atoms with Crippen LogP contribution in [0.5, 0.6) is 0 Å². The summed E-state index contributed by atoms with van der Waals surface area (Å²) in [5.74, 6) is -0.289. The quantitative estimate of drug-likeness (QED) is 0.809. The summed E-state index contributed by atoms with van der Waals surface area (Å²) in [6.45, 7) is 9.54. The monoisotopic (exact) mass is 339 g/mol. The Morgan fingerprint density at radius 3 is 2.28 bits per heavy atom. The number of anilines is 1. The molecule has 2 rings (SSSR count). The van der Waals surface area contributed by atoms with Crippen molar-refractivity contribution < 1.29 is 9.59 Å². The van der Waals surface area contributed by atoms with Gasteiger partial charge in [-0.05, 0) is 57.5 Å². The molecule has 0 N–H and O–H groups in total.